The Kier molecular flexibility index (Phi) is 4.57. The van der Waals surface area contributed by atoms with E-state index in [0.717, 1.165) is 15.8 Å². The lowest BCUT2D eigenvalue weighted by molar-refractivity contribution is -0.138. The van der Waals surface area contributed by atoms with Crippen LogP contribution in [0.4, 0.5) is 0 Å². The molecule has 0 unspecified atom stereocenters. The standard InChI is InChI=1S/C13H17BrO3/c1-4-17-11-6-5-9(7-10(11)14)13(2,3)8-12(15)16/h5-7H,4,8H2,1-3H3,(H,15,16). The minimum atomic E-state index is -0.792. The van der Waals surface area contributed by atoms with Gasteiger partial charge in [-0.1, -0.05) is 19.9 Å². The van der Waals surface area contributed by atoms with Gasteiger partial charge < -0.3 is 9.84 Å². The lowest BCUT2D eigenvalue weighted by Crippen LogP contribution is -2.21. The molecule has 0 radical (unpaired) electrons. The maximum absolute atomic E-state index is 10.8. The van der Waals surface area contributed by atoms with E-state index in [4.69, 9.17) is 9.84 Å². The molecule has 4 heteroatoms. The van der Waals surface area contributed by atoms with Gasteiger partial charge in [0.2, 0.25) is 0 Å². The normalized spacial score (nSPS) is 11.3. The molecule has 0 saturated carbocycles. The second-order valence-electron chi connectivity index (χ2n) is 4.53. The number of rotatable bonds is 5. The topological polar surface area (TPSA) is 46.5 Å². The van der Waals surface area contributed by atoms with Crippen molar-refractivity contribution < 1.29 is 14.6 Å². The highest BCUT2D eigenvalue weighted by Gasteiger charge is 2.24. The summed E-state index contributed by atoms with van der Waals surface area (Å²) in [4.78, 5) is 10.8. The largest absolute Gasteiger partial charge is 0.493 e. The van der Waals surface area contributed by atoms with E-state index in [2.05, 4.69) is 15.9 Å². The van der Waals surface area contributed by atoms with Crippen LogP contribution in [0.15, 0.2) is 22.7 Å². The molecule has 0 spiro atoms. The van der Waals surface area contributed by atoms with E-state index in [1.54, 1.807) is 0 Å². The lowest BCUT2D eigenvalue weighted by Gasteiger charge is -2.23. The highest BCUT2D eigenvalue weighted by molar-refractivity contribution is 9.10. The van der Waals surface area contributed by atoms with Gasteiger partial charge in [0.1, 0.15) is 5.75 Å². The van der Waals surface area contributed by atoms with Crippen LogP contribution in [-0.2, 0) is 10.2 Å². The van der Waals surface area contributed by atoms with Crippen molar-refractivity contribution in [3.05, 3.63) is 28.2 Å². The first-order chi connectivity index (χ1) is 7.86. The first-order valence-electron chi connectivity index (χ1n) is 5.51. The van der Waals surface area contributed by atoms with E-state index in [-0.39, 0.29) is 11.8 Å². The Labute approximate surface area is 110 Å². The molecule has 94 valence electrons. The summed E-state index contributed by atoms with van der Waals surface area (Å²) in [6.07, 6.45) is 0.105. The van der Waals surface area contributed by atoms with Gasteiger partial charge >= 0.3 is 5.97 Å². The van der Waals surface area contributed by atoms with Gasteiger partial charge in [0.25, 0.3) is 0 Å². The third kappa shape index (κ3) is 3.73. The van der Waals surface area contributed by atoms with Crippen LogP contribution in [0.1, 0.15) is 32.8 Å². The van der Waals surface area contributed by atoms with Crippen LogP contribution in [0.25, 0.3) is 0 Å². The summed E-state index contributed by atoms with van der Waals surface area (Å²) in [6.45, 7) is 6.37. The van der Waals surface area contributed by atoms with Gasteiger partial charge in [0.05, 0.1) is 17.5 Å². The molecule has 17 heavy (non-hydrogen) atoms. The lowest BCUT2D eigenvalue weighted by atomic mass is 9.81. The average Bonchev–Trinajstić information content (AvgIpc) is 2.19. The fraction of sp³-hybridized carbons (Fsp3) is 0.462. The van der Waals surface area contributed by atoms with Crippen LogP contribution in [0.3, 0.4) is 0 Å². The number of benzene rings is 1. The predicted octanol–water partition coefficient (Wildman–Crippen LogP) is 3.60. The van der Waals surface area contributed by atoms with Gasteiger partial charge in [0, 0.05) is 5.41 Å². The molecule has 0 aliphatic rings. The average molecular weight is 301 g/mol. The number of ether oxygens (including phenoxy) is 1. The van der Waals surface area contributed by atoms with Crippen molar-refractivity contribution in [1.82, 2.24) is 0 Å². The van der Waals surface area contributed by atoms with E-state index in [0.29, 0.717) is 6.61 Å². The van der Waals surface area contributed by atoms with Crippen LogP contribution in [-0.4, -0.2) is 17.7 Å². The smallest absolute Gasteiger partial charge is 0.304 e. The third-order valence-corrected chi connectivity index (χ3v) is 3.23. The molecule has 0 heterocycles. The first-order valence-corrected chi connectivity index (χ1v) is 6.30. The van der Waals surface area contributed by atoms with Gasteiger partial charge in [-0.3, -0.25) is 4.79 Å². The Morgan fingerprint density at radius 3 is 2.59 bits per heavy atom. The van der Waals surface area contributed by atoms with Gasteiger partial charge in [-0.15, -0.1) is 0 Å². The number of hydrogen-bond acceptors (Lipinski definition) is 2. The van der Waals surface area contributed by atoms with E-state index in [9.17, 15) is 4.79 Å². The maximum atomic E-state index is 10.8. The summed E-state index contributed by atoms with van der Waals surface area (Å²) >= 11 is 3.43. The molecule has 0 saturated heterocycles. The number of carboxylic acids is 1. The van der Waals surface area contributed by atoms with Crippen molar-refractivity contribution in [2.45, 2.75) is 32.6 Å². The van der Waals surface area contributed by atoms with E-state index < -0.39 is 5.97 Å². The van der Waals surface area contributed by atoms with Crippen molar-refractivity contribution in [1.29, 1.82) is 0 Å². The number of carboxylic acid groups (broad SMARTS) is 1. The molecule has 0 aliphatic carbocycles. The molecule has 0 bridgehead atoms. The highest BCUT2D eigenvalue weighted by atomic mass is 79.9. The number of aliphatic carboxylic acids is 1. The summed E-state index contributed by atoms with van der Waals surface area (Å²) in [5.74, 6) is -0.0117. The van der Waals surface area contributed by atoms with Crippen LogP contribution in [0.2, 0.25) is 0 Å². The molecule has 1 aromatic rings. The Balaban J connectivity index is 3.00. The van der Waals surface area contributed by atoms with Crippen molar-refractivity contribution in [2.75, 3.05) is 6.61 Å². The molecule has 1 N–H and O–H groups in total. The van der Waals surface area contributed by atoms with Crippen molar-refractivity contribution in [2.24, 2.45) is 0 Å². The minimum Gasteiger partial charge on any atom is -0.493 e. The van der Waals surface area contributed by atoms with Gasteiger partial charge in [-0.25, -0.2) is 0 Å². The summed E-state index contributed by atoms with van der Waals surface area (Å²) in [7, 11) is 0. The van der Waals surface area contributed by atoms with Crippen molar-refractivity contribution in [3.63, 3.8) is 0 Å². The van der Waals surface area contributed by atoms with Crippen LogP contribution >= 0.6 is 15.9 Å². The molecule has 3 nitrogen and oxygen atoms in total. The molecule has 0 fully saturated rings. The Hall–Kier alpha value is -1.03. The van der Waals surface area contributed by atoms with Crippen LogP contribution in [0.5, 0.6) is 5.75 Å². The van der Waals surface area contributed by atoms with Crippen molar-refractivity contribution in [3.8, 4) is 5.75 Å². The zero-order chi connectivity index (χ0) is 13.1. The third-order valence-electron chi connectivity index (χ3n) is 2.61. The second kappa shape index (κ2) is 5.54. The Bertz CT molecular complexity index is 413. The fourth-order valence-electron chi connectivity index (χ4n) is 1.67. The molecule has 0 aliphatic heterocycles. The SMILES string of the molecule is CCOc1ccc(C(C)(C)CC(=O)O)cc1Br. The van der Waals surface area contributed by atoms with E-state index >= 15 is 0 Å². The maximum Gasteiger partial charge on any atom is 0.304 e. The molecule has 1 aromatic carbocycles. The monoisotopic (exact) mass is 300 g/mol. The molecule has 1 rings (SSSR count). The Morgan fingerprint density at radius 2 is 2.12 bits per heavy atom. The van der Waals surface area contributed by atoms with E-state index in [1.807, 2.05) is 39.0 Å². The molecular weight excluding hydrogens is 284 g/mol. The summed E-state index contributed by atoms with van der Waals surface area (Å²) in [6, 6.07) is 5.71. The summed E-state index contributed by atoms with van der Waals surface area (Å²) in [5, 5.41) is 8.88. The summed E-state index contributed by atoms with van der Waals surface area (Å²) < 4.78 is 6.28. The zero-order valence-corrected chi connectivity index (χ0v) is 11.9. The summed E-state index contributed by atoms with van der Waals surface area (Å²) in [5.41, 5.74) is 0.592. The first kappa shape index (κ1) is 14.0. The van der Waals surface area contributed by atoms with Gasteiger partial charge in [-0.2, -0.15) is 0 Å². The predicted molar refractivity (Wildman–Crippen MR) is 70.6 cm³/mol. The van der Waals surface area contributed by atoms with Crippen LogP contribution < -0.4 is 4.74 Å². The molecule has 0 aromatic heterocycles. The number of carbonyl (C=O) groups is 1. The quantitative estimate of drug-likeness (QED) is 0.904. The molecule has 0 atom stereocenters. The van der Waals surface area contributed by atoms with Crippen molar-refractivity contribution >= 4 is 21.9 Å². The van der Waals surface area contributed by atoms with Crippen LogP contribution in [0, 0.1) is 0 Å². The van der Waals surface area contributed by atoms with E-state index in [1.165, 1.54) is 0 Å². The Morgan fingerprint density at radius 1 is 1.47 bits per heavy atom. The fourth-order valence-corrected chi connectivity index (χ4v) is 2.17. The zero-order valence-electron chi connectivity index (χ0n) is 10.3. The molecule has 0 amide bonds. The molecular formula is C13H17BrO3. The minimum absolute atomic E-state index is 0.105. The van der Waals surface area contributed by atoms with Gasteiger partial charge in [0.15, 0.2) is 0 Å². The highest BCUT2D eigenvalue weighted by Crippen LogP contribution is 2.33. The number of hydrogen-bond donors (Lipinski definition) is 1. The van der Waals surface area contributed by atoms with Gasteiger partial charge in [-0.05, 0) is 40.5 Å². The number of halogens is 1. The second-order valence-corrected chi connectivity index (χ2v) is 5.39.